The van der Waals surface area contributed by atoms with Crippen molar-refractivity contribution in [3.05, 3.63) is 54.1 Å². The standard InChI is InChI=1S/C46H69N5O10/c1-5-7-11-15-34(52)24-25-36-35(39(53)27-40(36)54)16-12-9-10-13-19-43(57)61-30-32-20-22-33(23-21-32)49-45(59)37(17-8-6-2)50-46(60)38-18-14-26-51(38)42(56)29-47-41(55)28-48-44(58)31(3)4/h20-25,34-38,40,52,54H,3,5-19,26-30H2,1-2,4H3,(H,47,55)(H,48,58)(H,49,59)(H,50,60)/b25-24+. The predicted octanol–water partition coefficient (Wildman–Crippen LogP) is 4.55. The molecule has 3 rings (SSSR count). The molecule has 61 heavy (non-hydrogen) atoms. The van der Waals surface area contributed by atoms with Gasteiger partial charge < -0.3 is 41.1 Å². The summed E-state index contributed by atoms with van der Waals surface area (Å²) in [5.74, 6) is -3.11. The van der Waals surface area contributed by atoms with Gasteiger partial charge in [-0.2, -0.15) is 0 Å². The van der Waals surface area contributed by atoms with E-state index in [0.29, 0.717) is 57.2 Å². The first-order valence-corrected chi connectivity index (χ1v) is 22.2. The molecule has 0 bridgehead atoms. The first-order valence-electron chi connectivity index (χ1n) is 22.2. The van der Waals surface area contributed by atoms with Gasteiger partial charge in [-0.3, -0.25) is 33.6 Å². The van der Waals surface area contributed by atoms with Gasteiger partial charge in [0.1, 0.15) is 24.5 Å². The van der Waals surface area contributed by atoms with Crippen molar-refractivity contribution in [1.29, 1.82) is 0 Å². The van der Waals surface area contributed by atoms with E-state index in [1.807, 2.05) is 13.0 Å². The van der Waals surface area contributed by atoms with Gasteiger partial charge in [0.2, 0.25) is 29.5 Å². The number of carbonyl (C=O) groups excluding carboxylic acids is 7. The Labute approximate surface area is 360 Å². The molecule has 0 spiro atoms. The number of amides is 5. The average molecular weight is 852 g/mol. The van der Waals surface area contributed by atoms with Crippen LogP contribution in [0.25, 0.3) is 0 Å². The molecule has 1 aliphatic carbocycles. The molecule has 1 saturated carbocycles. The minimum atomic E-state index is -0.848. The average Bonchev–Trinajstić information content (AvgIpc) is 3.84. The monoisotopic (exact) mass is 852 g/mol. The van der Waals surface area contributed by atoms with Crippen LogP contribution in [0.4, 0.5) is 5.69 Å². The Kier molecular flexibility index (Phi) is 22.5. The van der Waals surface area contributed by atoms with Crippen molar-refractivity contribution in [2.24, 2.45) is 11.8 Å². The number of likely N-dealkylation sites (tertiary alicyclic amines) is 1. The van der Waals surface area contributed by atoms with Crippen LogP contribution < -0.4 is 21.3 Å². The third-order valence-electron chi connectivity index (χ3n) is 11.2. The van der Waals surface area contributed by atoms with E-state index in [0.717, 1.165) is 50.5 Å². The molecule has 1 aromatic rings. The number of nitrogens with one attached hydrogen (secondary N) is 4. The number of aliphatic hydroxyl groups excluding tert-OH is 2. The number of unbranched alkanes of at least 4 members (excludes halogenated alkanes) is 6. The lowest BCUT2D eigenvalue weighted by Gasteiger charge is -2.26. The van der Waals surface area contributed by atoms with Crippen LogP contribution in [0.2, 0.25) is 0 Å². The molecular formula is C46H69N5O10. The van der Waals surface area contributed by atoms with Gasteiger partial charge in [-0.15, -0.1) is 0 Å². The van der Waals surface area contributed by atoms with Gasteiger partial charge >= 0.3 is 5.97 Å². The Balaban J connectivity index is 1.38. The Bertz CT molecular complexity index is 1660. The summed E-state index contributed by atoms with van der Waals surface area (Å²) in [5, 5.41) is 31.2. The van der Waals surface area contributed by atoms with E-state index in [1.165, 1.54) is 11.8 Å². The molecule has 5 amide bonds. The van der Waals surface area contributed by atoms with Crippen molar-refractivity contribution >= 4 is 47.0 Å². The highest BCUT2D eigenvalue weighted by atomic mass is 16.5. The van der Waals surface area contributed by atoms with Crippen LogP contribution >= 0.6 is 0 Å². The van der Waals surface area contributed by atoms with Crippen LogP contribution in [0, 0.1) is 11.8 Å². The van der Waals surface area contributed by atoms with Crippen LogP contribution in [-0.2, 0) is 44.9 Å². The number of carbonyl (C=O) groups is 7. The largest absolute Gasteiger partial charge is 0.461 e. The number of rotatable bonds is 27. The van der Waals surface area contributed by atoms with Gasteiger partial charge in [-0.1, -0.05) is 96.1 Å². The molecule has 2 fully saturated rings. The molecule has 15 nitrogen and oxygen atoms in total. The number of ether oxygens (including phenoxy) is 1. The van der Waals surface area contributed by atoms with E-state index in [4.69, 9.17) is 4.74 Å². The van der Waals surface area contributed by atoms with Crippen molar-refractivity contribution in [3.63, 3.8) is 0 Å². The van der Waals surface area contributed by atoms with Crippen LogP contribution in [0.3, 0.4) is 0 Å². The van der Waals surface area contributed by atoms with E-state index in [9.17, 15) is 43.8 Å². The summed E-state index contributed by atoms with van der Waals surface area (Å²) in [5.41, 5.74) is 1.49. The fraction of sp³-hybridized carbons (Fsp3) is 0.630. The number of Topliss-reactive ketones (excluding diaryl/α,β-unsaturated/α-hetero) is 1. The zero-order chi connectivity index (χ0) is 44.7. The van der Waals surface area contributed by atoms with Crippen molar-refractivity contribution in [2.45, 2.75) is 154 Å². The molecular weight excluding hydrogens is 783 g/mol. The third-order valence-corrected chi connectivity index (χ3v) is 11.2. The minimum Gasteiger partial charge on any atom is -0.461 e. The van der Waals surface area contributed by atoms with Crippen molar-refractivity contribution in [3.8, 4) is 0 Å². The summed E-state index contributed by atoms with van der Waals surface area (Å²) in [6.45, 7) is 8.85. The fourth-order valence-corrected chi connectivity index (χ4v) is 7.62. The SMILES string of the molecule is C=C(C)C(=O)NCC(=O)NCC(=O)N1CCCC1C(=O)NC(CCCC)C(=O)Nc1ccc(COC(=O)CCCCCCC2C(=O)CC(O)C2/C=C/C(O)CCCCC)cc1. The molecule has 6 atom stereocenters. The highest BCUT2D eigenvalue weighted by molar-refractivity contribution is 5.99. The molecule has 1 heterocycles. The van der Waals surface area contributed by atoms with Crippen LogP contribution in [0.15, 0.2) is 48.6 Å². The van der Waals surface area contributed by atoms with E-state index in [1.54, 1.807) is 30.3 Å². The van der Waals surface area contributed by atoms with Crippen molar-refractivity contribution < 1.29 is 48.5 Å². The minimum absolute atomic E-state index is 0.0662. The molecule has 338 valence electrons. The molecule has 15 heteroatoms. The molecule has 6 N–H and O–H groups in total. The molecule has 2 aliphatic rings. The van der Waals surface area contributed by atoms with Gasteiger partial charge in [0.15, 0.2) is 0 Å². The highest BCUT2D eigenvalue weighted by Crippen LogP contribution is 2.34. The second-order valence-electron chi connectivity index (χ2n) is 16.4. The fourth-order valence-electron chi connectivity index (χ4n) is 7.62. The second kappa shape index (κ2) is 27.1. The number of hydrogen-bond donors (Lipinski definition) is 6. The lowest BCUT2D eigenvalue weighted by molar-refractivity contribution is -0.145. The Morgan fingerprint density at radius 1 is 0.934 bits per heavy atom. The number of benzene rings is 1. The Morgan fingerprint density at radius 3 is 2.36 bits per heavy atom. The van der Waals surface area contributed by atoms with Crippen LogP contribution in [0.1, 0.15) is 129 Å². The summed E-state index contributed by atoms with van der Waals surface area (Å²) in [7, 11) is 0. The molecule has 6 unspecified atom stereocenters. The van der Waals surface area contributed by atoms with Gasteiger partial charge in [0.05, 0.1) is 25.3 Å². The maximum absolute atomic E-state index is 13.4. The van der Waals surface area contributed by atoms with Gasteiger partial charge in [0, 0.05) is 42.5 Å². The van der Waals surface area contributed by atoms with Crippen molar-refractivity contribution in [2.75, 3.05) is 25.0 Å². The lowest BCUT2D eigenvalue weighted by atomic mass is 9.88. The summed E-state index contributed by atoms with van der Waals surface area (Å²) >= 11 is 0. The van der Waals surface area contributed by atoms with Gasteiger partial charge in [-0.25, -0.2) is 0 Å². The van der Waals surface area contributed by atoms with Crippen LogP contribution in [0.5, 0.6) is 0 Å². The maximum Gasteiger partial charge on any atom is 0.306 e. The quantitative estimate of drug-likeness (QED) is 0.0314. The molecule has 1 saturated heterocycles. The number of ketones is 1. The molecule has 1 aliphatic heterocycles. The maximum atomic E-state index is 13.4. The number of nitrogens with zero attached hydrogens (tertiary/aromatic N) is 1. The van der Waals surface area contributed by atoms with Crippen LogP contribution in [-0.4, -0.2) is 100 Å². The van der Waals surface area contributed by atoms with E-state index < -0.39 is 53.8 Å². The summed E-state index contributed by atoms with van der Waals surface area (Å²) in [4.78, 5) is 89.9. The topological polar surface area (TPSA) is 221 Å². The van der Waals surface area contributed by atoms with E-state index in [2.05, 4.69) is 34.8 Å². The number of aliphatic hydroxyl groups is 2. The zero-order valence-corrected chi connectivity index (χ0v) is 36.4. The van der Waals surface area contributed by atoms with Gasteiger partial charge in [0.25, 0.3) is 0 Å². The highest BCUT2D eigenvalue weighted by Gasteiger charge is 2.39. The zero-order valence-electron chi connectivity index (χ0n) is 36.4. The Morgan fingerprint density at radius 2 is 1.66 bits per heavy atom. The third kappa shape index (κ3) is 17.9. The molecule has 0 aromatic heterocycles. The first-order chi connectivity index (χ1) is 29.2. The second-order valence-corrected chi connectivity index (χ2v) is 16.4. The van der Waals surface area contributed by atoms with Crippen molar-refractivity contribution in [1.82, 2.24) is 20.9 Å². The molecule has 0 radical (unpaired) electrons. The number of anilines is 1. The lowest BCUT2D eigenvalue weighted by Crippen LogP contribution is -2.53. The summed E-state index contributed by atoms with van der Waals surface area (Å²) in [6, 6.07) is 5.24. The Hall–Kier alpha value is -4.89. The summed E-state index contributed by atoms with van der Waals surface area (Å²) < 4.78 is 5.47. The van der Waals surface area contributed by atoms with E-state index in [-0.39, 0.29) is 61.7 Å². The summed E-state index contributed by atoms with van der Waals surface area (Å²) in [6.07, 6.45) is 13.1. The van der Waals surface area contributed by atoms with E-state index >= 15 is 0 Å². The molecule has 1 aromatic carbocycles. The normalized spacial score (nSPS) is 19.6. The smallest absolute Gasteiger partial charge is 0.306 e. The first kappa shape index (κ1) is 50.5. The predicted molar refractivity (Wildman–Crippen MR) is 231 cm³/mol. The number of esters is 1. The number of hydrogen-bond acceptors (Lipinski definition) is 10. The van der Waals surface area contributed by atoms with Gasteiger partial charge in [-0.05, 0) is 63.1 Å².